The molecule has 0 radical (unpaired) electrons. The van der Waals surface area contributed by atoms with Crippen molar-refractivity contribution in [2.24, 2.45) is 11.8 Å². The zero-order chi connectivity index (χ0) is 15.2. The van der Waals surface area contributed by atoms with Crippen LogP contribution in [0.5, 0.6) is 0 Å². The Bertz CT molecular complexity index is 550. The first-order valence-electron chi connectivity index (χ1n) is 7.69. The maximum Gasteiger partial charge on any atom is 0.254 e. The highest BCUT2D eigenvalue weighted by Crippen LogP contribution is 2.44. The van der Waals surface area contributed by atoms with Crippen molar-refractivity contribution in [1.29, 1.82) is 0 Å². The molecule has 114 valence electrons. The van der Waals surface area contributed by atoms with E-state index < -0.39 is 5.60 Å². The number of fused-ring (bicyclic) bond motifs is 1. The number of amides is 1. The van der Waals surface area contributed by atoms with E-state index in [1.54, 1.807) is 13.8 Å². The van der Waals surface area contributed by atoms with E-state index in [0.29, 0.717) is 11.8 Å². The van der Waals surface area contributed by atoms with Crippen LogP contribution in [0.2, 0.25) is 0 Å². The largest absolute Gasteiger partial charge is 0.381 e. The van der Waals surface area contributed by atoms with Crippen molar-refractivity contribution in [3.63, 3.8) is 0 Å². The van der Waals surface area contributed by atoms with E-state index in [2.05, 4.69) is 24.4 Å². The SMILES string of the molecule is Cc1ccccc1[C@@H]1[C@H]2CNC[C@H]2CN1C(=O)C(C)(C)O. The van der Waals surface area contributed by atoms with Gasteiger partial charge in [0.2, 0.25) is 0 Å². The standard InChI is InChI=1S/C17H24N2O2/c1-11-6-4-5-7-13(11)15-14-9-18-8-12(14)10-19(15)16(20)17(2,3)21/h4-7,12,14-15,18,21H,8-10H2,1-3H3/t12-,14-,15+/m0/s1. The Balaban J connectivity index is 2.00. The molecule has 21 heavy (non-hydrogen) atoms. The van der Waals surface area contributed by atoms with Gasteiger partial charge in [-0.15, -0.1) is 0 Å². The van der Waals surface area contributed by atoms with Crippen molar-refractivity contribution < 1.29 is 9.90 Å². The number of carbonyl (C=O) groups excluding carboxylic acids is 1. The van der Waals surface area contributed by atoms with E-state index in [1.807, 2.05) is 17.0 Å². The Morgan fingerprint density at radius 3 is 2.71 bits per heavy atom. The fourth-order valence-corrected chi connectivity index (χ4v) is 3.80. The van der Waals surface area contributed by atoms with E-state index in [-0.39, 0.29) is 11.9 Å². The summed E-state index contributed by atoms with van der Waals surface area (Å²) in [6, 6.07) is 8.35. The predicted molar refractivity (Wildman–Crippen MR) is 81.8 cm³/mol. The number of benzene rings is 1. The van der Waals surface area contributed by atoms with Gasteiger partial charge >= 0.3 is 0 Å². The van der Waals surface area contributed by atoms with Crippen molar-refractivity contribution in [2.75, 3.05) is 19.6 Å². The Hall–Kier alpha value is -1.39. The average Bonchev–Trinajstić information content (AvgIpc) is 2.98. The van der Waals surface area contributed by atoms with Crippen LogP contribution >= 0.6 is 0 Å². The first-order valence-corrected chi connectivity index (χ1v) is 7.69. The first-order chi connectivity index (χ1) is 9.89. The molecule has 1 aromatic rings. The second kappa shape index (κ2) is 5.11. The Morgan fingerprint density at radius 1 is 1.33 bits per heavy atom. The number of rotatable bonds is 2. The molecule has 2 aliphatic rings. The summed E-state index contributed by atoms with van der Waals surface area (Å²) in [5.41, 5.74) is 1.11. The fraction of sp³-hybridized carbons (Fsp3) is 0.588. The lowest BCUT2D eigenvalue weighted by atomic mass is 9.87. The van der Waals surface area contributed by atoms with Gasteiger partial charge < -0.3 is 15.3 Å². The second-order valence-corrected chi connectivity index (χ2v) is 6.90. The van der Waals surface area contributed by atoms with Gasteiger partial charge in [-0.05, 0) is 37.8 Å². The molecule has 4 nitrogen and oxygen atoms in total. The van der Waals surface area contributed by atoms with Gasteiger partial charge in [0.05, 0.1) is 6.04 Å². The monoisotopic (exact) mass is 288 g/mol. The molecule has 2 saturated heterocycles. The van der Waals surface area contributed by atoms with Gasteiger partial charge in [0.15, 0.2) is 0 Å². The number of nitrogens with zero attached hydrogens (tertiary/aromatic N) is 1. The average molecular weight is 288 g/mol. The maximum absolute atomic E-state index is 12.6. The molecule has 2 aliphatic heterocycles. The van der Waals surface area contributed by atoms with Crippen molar-refractivity contribution in [3.05, 3.63) is 35.4 Å². The number of carbonyl (C=O) groups is 1. The zero-order valence-electron chi connectivity index (χ0n) is 13.0. The Kier molecular flexibility index (Phi) is 3.54. The van der Waals surface area contributed by atoms with Crippen molar-refractivity contribution in [2.45, 2.75) is 32.4 Å². The van der Waals surface area contributed by atoms with Crippen LogP contribution in [-0.4, -0.2) is 41.1 Å². The van der Waals surface area contributed by atoms with Gasteiger partial charge in [-0.3, -0.25) is 4.79 Å². The quantitative estimate of drug-likeness (QED) is 0.867. The third-order valence-electron chi connectivity index (χ3n) is 4.86. The molecule has 2 heterocycles. The summed E-state index contributed by atoms with van der Waals surface area (Å²) in [6.07, 6.45) is 0. The molecule has 0 aliphatic carbocycles. The highest BCUT2D eigenvalue weighted by molar-refractivity contribution is 5.85. The smallest absolute Gasteiger partial charge is 0.254 e. The van der Waals surface area contributed by atoms with Crippen molar-refractivity contribution in [3.8, 4) is 0 Å². The van der Waals surface area contributed by atoms with Crippen molar-refractivity contribution in [1.82, 2.24) is 10.2 Å². The molecule has 0 unspecified atom stereocenters. The van der Waals surface area contributed by atoms with Crippen LogP contribution in [0.4, 0.5) is 0 Å². The third-order valence-corrected chi connectivity index (χ3v) is 4.86. The minimum atomic E-state index is -1.31. The summed E-state index contributed by atoms with van der Waals surface area (Å²) in [5, 5.41) is 13.6. The lowest BCUT2D eigenvalue weighted by molar-refractivity contribution is -0.149. The summed E-state index contributed by atoms with van der Waals surface area (Å²) >= 11 is 0. The minimum absolute atomic E-state index is 0.0742. The van der Waals surface area contributed by atoms with Crippen LogP contribution in [0.3, 0.4) is 0 Å². The number of likely N-dealkylation sites (tertiary alicyclic amines) is 1. The third kappa shape index (κ3) is 2.47. The molecule has 3 rings (SSSR count). The summed E-state index contributed by atoms with van der Waals surface area (Å²) in [4.78, 5) is 14.5. The van der Waals surface area contributed by atoms with E-state index in [4.69, 9.17) is 0 Å². The number of aliphatic hydroxyl groups is 1. The summed E-state index contributed by atoms with van der Waals surface area (Å²) < 4.78 is 0. The molecule has 0 spiro atoms. The molecular formula is C17H24N2O2. The zero-order valence-corrected chi connectivity index (χ0v) is 13.0. The summed E-state index contributed by atoms with van der Waals surface area (Å²) in [7, 11) is 0. The van der Waals surface area contributed by atoms with Crippen LogP contribution in [0, 0.1) is 18.8 Å². The predicted octanol–water partition coefficient (Wildman–Crippen LogP) is 1.48. The molecule has 0 saturated carbocycles. The molecule has 4 heteroatoms. The number of aryl methyl sites for hydroxylation is 1. The number of nitrogens with one attached hydrogen (secondary N) is 1. The number of hydrogen-bond donors (Lipinski definition) is 2. The lowest BCUT2D eigenvalue weighted by Crippen LogP contribution is -2.46. The Labute approximate surface area is 126 Å². The maximum atomic E-state index is 12.6. The minimum Gasteiger partial charge on any atom is -0.381 e. The molecule has 1 aromatic carbocycles. The summed E-state index contributed by atoms with van der Waals surface area (Å²) in [5.74, 6) is 0.767. The van der Waals surface area contributed by atoms with Crippen LogP contribution in [-0.2, 0) is 4.79 Å². The van der Waals surface area contributed by atoms with Crippen LogP contribution in [0.25, 0.3) is 0 Å². The van der Waals surface area contributed by atoms with Gasteiger partial charge in [0.1, 0.15) is 5.60 Å². The molecule has 2 fully saturated rings. The van der Waals surface area contributed by atoms with Gasteiger partial charge in [0, 0.05) is 25.6 Å². The van der Waals surface area contributed by atoms with Crippen LogP contribution in [0.15, 0.2) is 24.3 Å². The number of hydrogen-bond acceptors (Lipinski definition) is 3. The van der Waals surface area contributed by atoms with Crippen LogP contribution in [0.1, 0.15) is 31.0 Å². The first kappa shape index (κ1) is 14.5. The fourth-order valence-electron chi connectivity index (χ4n) is 3.80. The summed E-state index contributed by atoms with van der Waals surface area (Å²) in [6.45, 7) is 7.90. The van der Waals surface area contributed by atoms with Gasteiger partial charge in [-0.25, -0.2) is 0 Å². The Morgan fingerprint density at radius 2 is 2.05 bits per heavy atom. The normalized spacial score (nSPS) is 28.8. The van der Waals surface area contributed by atoms with E-state index in [9.17, 15) is 9.90 Å². The van der Waals surface area contributed by atoms with Crippen molar-refractivity contribution >= 4 is 5.91 Å². The van der Waals surface area contributed by atoms with E-state index in [0.717, 1.165) is 19.6 Å². The van der Waals surface area contributed by atoms with Gasteiger partial charge in [0.25, 0.3) is 5.91 Å². The van der Waals surface area contributed by atoms with Gasteiger partial charge in [-0.1, -0.05) is 24.3 Å². The topological polar surface area (TPSA) is 52.6 Å². The molecule has 3 atom stereocenters. The second-order valence-electron chi connectivity index (χ2n) is 6.90. The molecule has 2 N–H and O–H groups in total. The molecule has 0 aromatic heterocycles. The van der Waals surface area contributed by atoms with E-state index in [1.165, 1.54) is 11.1 Å². The van der Waals surface area contributed by atoms with Crippen LogP contribution < -0.4 is 5.32 Å². The lowest BCUT2D eigenvalue weighted by Gasteiger charge is -2.33. The van der Waals surface area contributed by atoms with Gasteiger partial charge in [-0.2, -0.15) is 0 Å². The molecular weight excluding hydrogens is 264 g/mol. The van der Waals surface area contributed by atoms with E-state index >= 15 is 0 Å². The highest BCUT2D eigenvalue weighted by Gasteiger charge is 2.49. The highest BCUT2D eigenvalue weighted by atomic mass is 16.3. The molecule has 0 bridgehead atoms. The molecule has 1 amide bonds.